The molecule has 0 heterocycles. The van der Waals surface area contributed by atoms with E-state index in [0.717, 1.165) is 25.0 Å². The monoisotopic (exact) mass is 1060 g/mol. The lowest BCUT2D eigenvalue weighted by Gasteiger charge is -2.16. The van der Waals surface area contributed by atoms with Gasteiger partial charge in [0.1, 0.15) is 22.9 Å². The van der Waals surface area contributed by atoms with E-state index in [2.05, 4.69) is 41.7 Å². The number of carbonyl (C=O) groups excluding carboxylic acids is 6. The second-order valence-corrected chi connectivity index (χ2v) is 17.2. The Morgan fingerprint density at radius 2 is 0.915 bits per heavy atom. The third-order valence-electron chi connectivity index (χ3n) is 10.2. The van der Waals surface area contributed by atoms with Crippen LogP contribution in [0.3, 0.4) is 0 Å². The van der Waals surface area contributed by atoms with Gasteiger partial charge in [-0.3, -0.25) is 28.8 Å². The highest BCUT2D eigenvalue weighted by Gasteiger charge is 2.27. The second kappa shape index (κ2) is 27.2. The van der Waals surface area contributed by atoms with Crippen molar-refractivity contribution in [1.29, 1.82) is 0 Å². The predicted molar refractivity (Wildman–Crippen MR) is 279 cm³/mol. The zero-order valence-corrected chi connectivity index (χ0v) is 42.7. The first kappa shape index (κ1) is 55.5. The summed E-state index contributed by atoms with van der Waals surface area (Å²) in [6.45, 7) is 6.97. The van der Waals surface area contributed by atoms with E-state index < -0.39 is 47.3 Å². The van der Waals surface area contributed by atoms with Gasteiger partial charge in [0.15, 0.2) is 11.6 Å². The zero-order chi connectivity index (χ0) is 51.6. The van der Waals surface area contributed by atoms with Crippen molar-refractivity contribution < 1.29 is 38.2 Å². The molecule has 0 bridgehead atoms. The van der Waals surface area contributed by atoms with Crippen molar-refractivity contribution in [3.8, 4) is 11.5 Å². The molecule has 4 N–H and O–H groups in total. The topological polar surface area (TPSA) is 218 Å². The summed E-state index contributed by atoms with van der Waals surface area (Å²) >= 11 is 31.3. The van der Waals surface area contributed by atoms with Crippen LogP contribution in [0.25, 0.3) is 0 Å². The van der Waals surface area contributed by atoms with Gasteiger partial charge in [-0.15, -0.1) is 34.8 Å². The Labute approximate surface area is 435 Å². The van der Waals surface area contributed by atoms with Crippen LogP contribution < -0.4 is 30.7 Å². The Kier molecular flexibility index (Phi) is 21.3. The molecule has 0 aromatic heterocycles. The third-order valence-corrected chi connectivity index (χ3v) is 11.6. The van der Waals surface area contributed by atoms with Gasteiger partial charge in [0, 0.05) is 40.4 Å². The predicted octanol–water partition coefficient (Wildman–Crippen LogP) is 12.0. The Bertz CT molecular complexity index is 2850. The van der Waals surface area contributed by atoms with Crippen molar-refractivity contribution in [2.75, 3.05) is 52.1 Å². The number of benzene rings is 5. The Morgan fingerprint density at radius 1 is 0.521 bits per heavy atom. The minimum atomic E-state index is -1.63. The van der Waals surface area contributed by atoms with Crippen LogP contribution in [0.2, 0.25) is 10.0 Å². The first-order chi connectivity index (χ1) is 34.1. The fraction of sp³-hybridized carbons (Fsp3) is 0.280. The van der Waals surface area contributed by atoms with E-state index in [1.807, 2.05) is 13.8 Å². The first-order valence-electron chi connectivity index (χ1n) is 22.1. The normalized spacial score (nSPS) is 12.0. The minimum absolute atomic E-state index is 0.0247. The van der Waals surface area contributed by atoms with E-state index >= 15 is 0 Å². The summed E-state index contributed by atoms with van der Waals surface area (Å²) in [5, 5.41) is 26.9. The van der Waals surface area contributed by atoms with E-state index in [9.17, 15) is 28.8 Å². The average molecular weight is 1070 g/mol. The number of hydrogen-bond acceptors (Lipinski definition) is 12. The Hall–Kier alpha value is -6.43. The summed E-state index contributed by atoms with van der Waals surface area (Å²) in [5.41, 5.74) is 3.68. The minimum Gasteiger partial charge on any atom is -0.494 e. The van der Waals surface area contributed by atoms with Gasteiger partial charge < -0.3 is 30.7 Å². The molecule has 2 unspecified atom stereocenters. The van der Waals surface area contributed by atoms with Crippen LogP contribution in [0.4, 0.5) is 34.1 Å². The Morgan fingerprint density at radius 3 is 1.34 bits per heavy atom. The number of Topliss-reactive ketones (excluding diaryl/α,β-unsaturated/α-hetero) is 2. The van der Waals surface area contributed by atoms with Gasteiger partial charge in [-0.25, -0.2) is 0 Å². The maximum atomic E-state index is 13.6. The summed E-state index contributed by atoms with van der Waals surface area (Å²) < 4.78 is 11.3. The molecule has 2 atom stereocenters. The number of rotatable bonds is 24. The van der Waals surface area contributed by atoms with E-state index in [-0.39, 0.29) is 56.2 Å². The van der Waals surface area contributed by atoms with E-state index in [0.29, 0.717) is 66.3 Å². The van der Waals surface area contributed by atoms with Crippen LogP contribution in [-0.2, 0) is 38.4 Å². The van der Waals surface area contributed by atoms with Crippen molar-refractivity contribution in [3.05, 3.63) is 129 Å². The number of azo groups is 2. The van der Waals surface area contributed by atoms with Gasteiger partial charge in [0.25, 0.3) is 23.6 Å². The van der Waals surface area contributed by atoms with Gasteiger partial charge in [-0.1, -0.05) is 35.3 Å². The number of aryl methyl sites for hydroxylation is 3. The third kappa shape index (κ3) is 15.3. The van der Waals surface area contributed by atoms with E-state index in [1.54, 1.807) is 36.4 Å². The van der Waals surface area contributed by atoms with Crippen LogP contribution in [-0.4, -0.2) is 78.1 Å². The molecule has 16 nitrogen and oxygen atoms in total. The molecule has 0 saturated carbocycles. The average Bonchev–Trinajstić information content (AvgIpc) is 3.32. The number of ketones is 2. The molecule has 5 aromatic carbocycles. The van der Waals surface area contributed by atoms with Gasteiger partial charge in [-0.2, -0.15) is 20.5 Å². The maximum Gasteiger partial charge on any atom is 0.258 e. The molecule has 5 aromatic rings. The number of ether oxygens (including phenoxy) is 2. The van der Waals surface area contributed by atoms with E-state index in [1.165, 1.54) is 54.6 Å². The molecular weight excluding hydrogens is 1020 g/mol. The van der Waals surface area contributed by atoms with Crippen LogP contribution in [0.5, 0.6) is 11.5 Å². The molecule has 0 aliphatic carbocycles. The lowest BCUT2D eigenvalue weighted by Crippen LogP contribution is -2.32. The summed E-state index contributed by atoms with van der Waals surface area (Å²) in [5.74, 6) is -1.96. The second-order valence-electron chi connectivity index (χ2n) is 15.3. The molecule has 0 saturated heterocycles. The fourth-order valence-corrected chi connectivity index (χ4v) is 7.94. The quantitative estimate of drug-likeness (QED) is 0.0264. The number of nitrogens with zero attached hydrogens (tertiary/aromatic N) is 4. The molecule has 0 aliphatic rings. The number of alkyl halides is 3. The highest BCUT2D eigenvalue weighted by atomic mass is 35.5. The number of hydrogen-bond donors (Lipinski definition) is 4. The van der Waals surface area contributed by atoms with Crippen molar-refractivity contribution in [3.63, 3.8) is 0 Å². The molecule has 0 radical (unpaired) electrons. The van der Waals surface area contributed by atoms with Gasteiger partial charge >= 0.3 is 0 Å². The van der Waals surface area contributed by atoms with Crippen LogP contribution in [0.15, 0.2) is 111 Å². The van der Waals surface area contributed by atoms with Gasteiger partial charge in [-0.05, 0) is 143 Å². The highest BCUT2D eigenvalue weighted by Crippen LogP contribution is 2.33. The molecule has 0 fully saturated rings. The summed E-state index contributed by atoms with van der Waals surface area (Å²) in [6.07, 6.45) is 1.23. The van der Waals surface area contributed by atoms with Crippen molar-refractivity contribution in [2.24, 2.45) is 20.5 Å². The van der Waals surface area contributed by atoms with E-state index in [4.69, 9.17) is 67.5 Å². The molecule has 0 aliphatic heterocycles. The molecular formula is C50H49Cl5N8O8. The molecule has 372 valence electrons. The number of halogens is 5. The summed E-state index contributed by atoms with van der Waals surface area (Å²) in [6, 6.07) is 20.5. The zero-order valence-electron chi connectivity index (χ0n) is 38.9. The number of carbonyl (C=O) groups is 6. The summed E-state index contributed by atoms with van der Waals surface area (Å²) in [7, 11) is 0. The van der Waals surface area contributed by atoms with Gasteiger partial charge in [0.2, 0.25) is 12.1 Å². The van der Waals surface area contributed by atoms with Crippen molar-refractivity contribution in [1.82, 2.24) is 0 Å². The molecule has 0 spiro atoms. The molecule has 21 heteroatoms. The number of nitrogens with one attached hydrogen (secondary N) is 4. The standard InChI is InChI=1S/C50H49Cl5N8O8/c1-5-70-41-17-14-34(26-31(41)20-23-52)56-47(66)36-9-7-11-39(43(36)54)60-62-45(28(3)64)49(68)58-33-13-16-38(30(25-33)19-22-51)59-50(69)46(29(4)65)63-61-40-12-8-10-37(44(40)55)48(67)57-35-15-18-42(71-6-2)32(27-35)21-24-53/h7-18,25-27,45-46H,5-6,19-24H2,1-4H3,(H,56,66)(H,57,67)(H,58,68)(H,59,69). The maximum absolute atomic E-state index is 13.6. The highest BCUT2D eigenvalue weighted by molar-refractivity contribution is 6.37. The van der Waals surface area contributed by atoms with Crippen LogP contribution >= 0.6 is 58.0 Å². The van der Waals surface area contributed by atoms with Crippen molar-refractivity contribution >= 4 is 127 Å². The Balaban J connectivity index is 1.27. The van der Waals surface area contributed by atoms with Crippen LogP contribution in [0, 0.1) is 0 Å². The lowest BCUT2D eigenvalue weighted by molar-refractivity contribution is -0.127. The fourth-order valence-electron chi connectivity index (χ4n) is 6.83. The first-order valence-corrected chi connectivity index (χ1v) is 24.4. The summed E-state index contributed by atoms with van der Waals surface area (Å²) in [4.78, 5) is 79.2. The number of anilines is 4. The number of amides is 4. The lowest BCUT2D eigenvalue weighted by atomic mass is 10.1. The smallest absolute Gasteiger partial charge is 0.258 e. The van der Waals surface area contributed by atoms with Crippen LogP contribution in [0.1, 0.15) is 65.1 Å². The molecule has 71 heavy (non-hydrogen) atoms. The van der Waals surface area contributed by atoms with Gasteiger partial charge in [0.05, 0.1) is 34.4 Å². The molecule has 5 rings (SSSR count). The SMILES string of the molecule is CCOc1ccc(NC(=O)c2cccc(N=NC(C(C)=O)C(=O)Nc3ccc(NC(=O)C(N=Nc4cccc(C(=O)Nc5ccc(OCC)c(CCCl)c5)c4Cl)C(C)=O)c(CCCl)c3)c2Cl)cc1CCCl. The largest absolute Gasteiger partial charge is 0.494 e. The van der Waals surface area contributed by atoms with Crippen molar-refractivity contribution in [2.45, 2.75) is 59.0 Å². The molecule has 4 amide bonds.